The van der Waals surface area contributed by atoms with Gasteiger partial charge in [-0.3, -0.25) is 9.78 Å². The highest BCUT2D eigenvalue weighted by atomic mass is 19.1. The Hall–Kier alpha value is -3.48. The summed E-state index contributed by atoms with van der Waals surface area (Å²) >= 11 is 0. The van der Waals surface area contributed by atoms with E-state index in [-0.39, 0.29) is 6.42 Å². The highest BCUT2D eigenvalue weighted by molar-refractivity contribution is 5.95. The molecule has 1 aliphatic rings. The summed E-state index contributed by atoms with van der Waals surface area (Å²) in [6, 6.07) is 9.76. The third-order valence-corrected chi connectivity index (χ3v) is 7.26. The molecule has 1 aromatic carbocycles. The number of hydrogen-bond donors (Lipinski definition) is 1. The van der Waals surface area contributed by atoms with Gasteiger partial charge in [0, 0.05) is 35.6 Å². The minimum Gasteiger partial charge on any atom is -0.481 e. The average molecular weight is 476 g/mol. The SMILES string of the molecule is Cc1noc(C)c1-c1cnc2c(-c3ccc(CC(=O)O)cc3)cn(CC3CCC(C)(F)CC3)c2c1. The van der Waals surface area contributed by atoms with Crippen LogP contribution >= 0.6 is 0 Å². The van der Waals surface area contributed by atoms with E-state index >= 15 is 0 Å². The third kappa shape index (κ3) is 4.72. The first-order valence-corrected chi connectivity index (χ1v) is 12.1. The summed E-state index contributed by atoms with van der Waals surface area (Å²) in [5.41, 5.74) is 6.32. The second kappa shape index (κ2) is 8.95. The monoisotopic (exact) mass is 475 g/mol. The lowest BCUT2D eigenvalue weighted by Gasteiger charge is -2.31. The van der Waals surface area contributed by atoms with Crippen LogP contribution in [0, 0.1) is 19.8 Å². The average Bonchev–Trinajstić information content (AvgIpc) is 3.34. The van der Waals surface area contributed by atoms with Crippen molar-refractivity contribution in [2.24, 2.45) is 5.92 Å². The van der Waals surface area contributed by atoms with Crippen molar-refractivity contribution in [3.8, 4) is 22.3 Å². The van der Waals surface area contributed by atoms with E-state index in [1.807, 2.05) is 44.3 Å². The Balaban J connectivity index is 1.56. The molecule has 0 aliphatic heterocycles. The maximum Gasteiger partial charge on any atom is 0.307 e. The Kier molecular flexibility index (Phi) is 5.95. The normalized spacial score (nSPS) is 20.4. The lowest BCUT2D eigenvalue weighted by molar-refractivity contribution is -0.136. The molecule has 4 aromatic rings. The molecule has 0 spiro atoms. The first-order chi connectivity index (χ1) is 16.7. The molecule has 1 N–H and O–H groups in total. The van der Waals surface area contributed by atoms with Crippen LogP contribution in [0.25, 0.3) is 33.3 Å². The van der Waals surface area contributed by atoms with Crippen molar-refractivity contribution in [1.82, 2.24) is 14.7 Å². The van der Waals surface area contributed by atoms with E-state index in [0.717, 1.165) is 69.7 Å². The highest BCUT2D eigenvalue weighted by Gasteiger charge is 2.31. The van der Waals surface area contributed by atoms with Crippen LogP contribution in [-0.2, 0) is 17.8 Å². The molecule has 0 bridgehead atoms. The predicted octanol–water partition coefficient (Wildman–Crippen LogP) is 6.52. The Morgan fingerprint density at radius 2 is 1.91 bits per heavy atom. The minimum absolute atomic E-state index is 0.00371. The number of nitrogens with zero attached hydrogens (tertiary/aromatic N) is 3. The molecule has 3 aromatic heterocycles. The lowest BCUT2D eigenvalue weighted by Crippen LogP contribution is -2.27. The number of rotatable bonds is 6. The van der Waals surface area contributed by atoms with Gasteiger partial charge in [0.05, 0.1) is 23.1 Å². The van der Waals surface area contributed by atoms with Gasteiger partial charge in [0.15, 0.2) is 0 Å². The van der Waals surface area contributed by atoms with E-state index in [9.17, 15) is 9.18 Å². The van der Waals surface area contributed by atoms with Crippen molar-refractivity contribution < 1.29 is 18.8 Å². The molecule has 7 heteroatoms. The summed E-state index contributed by atoms with van der Waals surface area (Å²) in [7, 11) is 0. The zero-order valence-corrected chi connectivity index (χ0v) is 20.3. The maximum atomic E-state index is 14.4. The van der Waals surface area contributed by atoms with Crippen molar-refractivity contribution in [2.75, 3.05) is 0 Å². The molecule has 1 fully saturated rings. The van der Waals surface area contributed by atoms with Gasteiger partial charge in [0.1, 0.15) is 11.4 Å². The highest BCUT2D eigenvalue weighted by Crippen LogP contribution is 2.38. The molecule has 35 heavy (non-hydrogen) atoms. The molecular weight excluding hydrogens is 445 g/mol. The number of halogens is 1. The van der Waals surface area contributed by atoms with E-state index in [4.69, 9.17) is 14.6 Å². The van der Waals surface area contributed by atoms with Crippen LogP contribution in [0.15, 0.2) is 47.2 Å². The van der Waals surface area contributed by atoms with E-state index < -0.39 is 11.6 Å². The van der Waals surface area contributed by atoms with Gasteiger partial charge in [-0.1, -0.05) is 29.4 Å². The van der Waals surface area contributed by atoms with Crippen molar-refractivity contribution in [1.29, 1.82) is 0 Å². The summed E-state index contributed by atoms with van der Waals surface area (Å²) in [6.45, 7) is 6.34. The fraction of sp³-hybridized carbons (Fsp3) is 0.393. The smallest absolute Gasteiger partial charge is 0.307 e. The van der Waals surface area contributed by atoms with Gasteiger partial charge in [-0.2, -0.15) is 0 Å². The number of aryl methyl sites for hydroxylation is 2. The Morgan fingerprint density at radius 3 is 2.54 bits per heavy atom. The molecule has 182 valence electrons. The molecule has 6 nitrogen and oxygen atoms in total. The Bertz CT molecular complexity index is 1360. The molecular formula is C28H30FN3O3. The zero-order chi connectivity index (χ0) is 24.7. The number of benzene rings is 1. The fourth-order valence-electron chi connectivity index (χ4n) is 5.28. The molecule has 0 atom stereocenters. The van der Waals surface area contributed by atoms with Gasteiger partial charge in [-0.25, -0.2) is 4.39 Å². The molecule has 0 amide bonds. The summed E-state index contributed by atoms with van der Waals surface area (Å²) in [4.78, 5) is 15.9. The van der Waals surface area contributed by atoms with Crippen molar-refractivity contribution in [2.45, 2.75) is 65.1 Å². The van der Waals surface area contributed by atoms with Crippen LogP contribution in [0.2, 0.25) is 0 Å². The molecule has 0 unspecified atom stereocenters. The van der Waals surface area contributed by atoms with Crippen LogP contribution in [0.1, 0.15) is 49.6 Å². The van der Waals surface area contributed by atoms with Crippen LogP contribution in [-0.4, -0.2) is 31.5 Å². The van der Waals surface area contributed by atoms with E-state index in [1.165, 1.54) is 0 Å². The van der Waals surface area contributed by atoms with Gasteiger partial charge in [-0.05, 0) is 69.6 Å². The van der Waals surface area contributed by atoms with Gasteiger partial charge >= 0.3 is 5.97 Å². The Morgan fingerprint density at radius 1 is 1.20 bits per heavy atom. The quantitative estimate of drug-likeness (QED) is 0.343. The van der Waals surface area contributed by atoms with E-state index in [0.29, 0.717) is 18.8 Å². The molecule has 3 heterocycles. The molecule has 0 saturated heterocycles. The molecule has 0 radical (unpaired) electrons. The van der Waals surface area contributed by atoms with Crippen molar-refractivity contribution in [3.63, 3.8) is 0 Å². The number of fused-ring (bicyclic) bond motifs is 1. The predicted molar refractivity (Wildman–Crippen MR) is 133 cm³/mol. The molecule has 5 rings (SSSR count). The molecule has 1 saturated carbocycles. The summed E-state index contributed by atoms with van der Waals surface area (Å²) < 4.78 is 22.0. The van der Waals surface area contributed by atoms with E-state index in [2.05, 4.69) is 22.0 Å². The topological polar surface area (TPSA) is 81.2 Å². The van der Waals surface area contributed by atoms with Crippen LogP contribution in [0.5, 0.6) is 0 Å². The van der Waals surface area contributed by atoms with Crippen LogP contribution in [0.4, 0.5) is 4.39 Å². The number of alkyl halides is 1. The van der Waals surface area contributed by atoms with E-state index in [1.54, 1.807) is 6.92 Å². The third-order valence-electron chi connectivity index (χ3n) is 7.26. The maximum absolute atomic E-state index is 14.4. The van der Waals surface area contributed by atoms with Crippen molar-refractivity contribution >= 4 is 17.0 Å². The number of aliphatic carboxylic acids is 1. The second-order valence-corrected chi connectivity index (χ2v) is 10.1. The zero-order valence-electron chi connectivity index (χ0n) is 20.3. The Labute approximate surface area is 203 Å². The summed E-state index contributed by atoms with van der Waals surface area (Å²) in [6.07, 6.45) is 6.90. The first kappa shape index (κ1) is 23.3. The number of carboxylic acid groups (broad SMARTS) is 1. The van der Waals surface area contributed by atoms with Gasteiger partial charge in [0.2, 0.25) is 0 Å². The van der Waals surface area contributed by atoms with Gasteiger partial charge in [-0.15, -0.1) is 0 Å². The second-order valence-electron chi connectivity index (χ2n) is 10.1. The largest absolute Gasteiger partial charge is 0.481 e. The number of hydrogen-bond acceptors (Lipinski definition) is 4. The van der Waals surface area contributed by atoms with Crippen molar-refractivity contribution in [3.05, 3.63) is 59.7 Å². The lowest BCUT2D eigenvalue weighted by atomic mass is 9.81. The van der Waals surface area contributed by atoms with Gasteiger partial charge in [0.25, 0.3) is 0 Å². The standard InChI is InChI=1S/C28H30FN3O3/c1-17-26(18(2)35-31-17)22-13-24-27(30-14-22)23(21-6-4-19(5-7-21)12-25(33)34)16-32(24)15-20-8-10-28(3,29)11-9-20/h4-7,13-14,16,20H,8-12,15H2,1-3H3,(H,33,34). The molecule has 1 aliphatic carbocycles. The number of carbonyl (C=O) groups is 1. The van der Waals surface area contributed by atoms with Crippen LogP contribution in [0.3, 0.4) is 0 Å². The first-order valence-electron chi connectivity index (χ1n) is 12.1. The summed E-state index contributed by atoms with van der Waals surface area (Å²) in [5.74, 6) is 0.313. The van der Waals surface area contributed by atoms with Crippen LogP contribution < -0.4 is 0 Å². The summed E-state index contributed by atoms with van der Waals surface area (Å²) in [5, 5.41) is 13.2. The number of aromatic nitrogens is 3. The number of pyridine rings is 1. The fourth-order valence-corrected chi connectivity index (χ4v) is 5.28. The van der Waals surface area contributed by atoms with Gasteiger partial charge < -0.3 is 14.2 Å². The number of carboxylic acids is 1. The minimum atomic E-state index is -1.06.